The van der Waals surface area contributed by atoms with Gasteiger partial charge in [0.1, 0.15) is 0 Å². The Morgan fingerprint density at radius 2 is 1.85 bits per heavy atom. The summed E-state index contributed by atoms with van der Waals surface area (Å²) in [6.45, 7) is 4.31. The van der Waals surface area contributed by atoms with Gasteiger partial charge in [-0.3, -0.25) is 9.59 Å². The number of likely N-dealkylation sites (tertiary alicyclic amines) is 1. The molecule has 0 unspecified atom stereocenters. The zero-order valence-corrected chi connectivity index (χ0v) is 16.0. The van der Waals surface area contributed by atoms with Crippen LogP contribution in [-0.2, 0) is 4.79 Å². The molecule has 1 aliphatic heterocycles. The lowest BCUT2D eigenvalue weighted by Crippen LogP contribution is -2.41. The molecule has 1 N–H and O–H groups in total. The fraction of sp³-hybridized carbons (Fsp3) is 0.600. The van der Waals surface area contributed by atoms with Gasteiger partial charge < -0.3 is 19.7 Å². The van der Waals surface area contributed by atoms with Crippen LogP contribution in [0.5, 0.6) is 11.5 Å². The lowest BCUT2D eigenvalue weighted by molar-refractivity contribution is -0.132. The zero-order valence-electron chi connectivity index (χ0n) is 16.0. The molecular formula is C20H30N2O4. The van der Waals surface area contributed by atoms with E-state index in [-0.39, 0.29) is 11.8 Å². The molecule has 1 aliphatic rings. The number of carbonyl (C=O) groups is 2. The summed E-state index contributed by atoms with van der Waals surface area (Å²) < 4.78 is 10.4. The number of rotatable bonds is 8. The van der Waals surface area contributed by atoms with Gasteiger partial charge in [-0.15, -0.1) is 0 Å². The summed E-state index contributed by atoms with van der Waals surface area (Å²) in [6.07, 6.45) is 4.52. The number of nitrogens with zero attached hydrogens (tertiary/aromatic N) is 1. The maximum Gasteiger partial charge on any atom is 0.251 e. The summed E-state index contributed by atoms with van der Waals surface area (Å²) in [5.41, 5.74) is 0.551. The van der Waals surface area contributed by atoms with E-state index in [0.29, 0.717) is 35.9 Å². The maximum atomic E-state index is 12.4. The first kappa shape index (κ1) is 20.1. The quantitative estimate of drug-likeness (QED) is 0.772. The number of carbonyl (C=O) groups excluding carboxylic acids is 2. The normalized spacial score (nSPS) is 14.8. The van der Waals surface area contributed by atoms with E-state index < -0.39 is 0 Å². The van der Waals surface area contributed by atoms with Gasteiger partial charge in [0.25, 0.3) is 5.91 Å². The SMILES string of the molecule is CCCCC(=O)N1CCC(CNC(=O)c2ccc(OC)c(OC)c2)CC1. The molecule has 0 radical (unpaired) electrons. The summed E-state index contributed by atoms with van der Waals surface area (Å²) >= 11 is 0. The molecule has 0 spiro atoms. The van der Waals surface area contributed by atoms with Crippen LogP contribution >= 0.6 is 0 Å². The number of hydrogen-bond donors (Lipinski definition) is 1. The Balaban J connectivity index is 1.79. The van der Waals surface area contributed by atoms with Crippen LogP contribution in [0.25, 0.3) is 0 Å². The molecule has 6 heteroatoms. The van der Waals surface area contributed by atoms with Crippen LogP contribution in [0, 0.1) is 5.92 Å². The molecule has 1 saturated heterocycles. The fourth-order valence-corrected chi connectivity index (χ4v) is 3.19. The molecule has 1 fully saturated rings. The number of nitrogens with one attached hydrogen (secondary N) is 1. The Morgan fingerprint density at radius 1 is 1.15 bits per heavy atom. The summed E-state index contributed by atoms with van der Waals surface area (Å²) in [7, 11) is 3.12. The van der Waals surface area contributed by atoms with Crippen molar-refractivity contribution in [1.82, 2.24) is 10.2 Å². The number of methoxy groups -OCH3 is 2. The van der Waals surface area contributed by atoms with Crippen LogP contribution in [0.2, 0.25) is 0 Å². The molecule has 0 atom stereocenters. The van der Waals surface area contributed by atoms with E-state index in [4.69, 9.17) is 9.47 Å². The third kappa shape index (κ3) is 5.38. The van der Waals surface area contributed by atoms with E-state index in [9.17, 15) is 9.59 Å². The Hall–Kier alpha value is -2.24. The molecule has 1 aromatic rings. The molecule has 1 heterocycles. The molecule has 144 valence electrons. The minimum atomic E-state index is -0.118. The Labute approximate surface area is 155 Å². The predicted molar refractivity (Wildman–Crippen MR) is 101 cm³/mol. The highest BCUT2D eigenvalue weighted by molar-refractivity contribution is 5.94. The Bertz CT molecular complexity index is 610. The molecule has 0 bridgehead atoms. The van der Waals surface area contributed by atoms with Crippen LogP contribution in [0.1, 0.15) is 49.4 Å². The second-order valence-electron chi connectivity index (χ2n) is 6.71. The van der Waals surface area contributed by atoms with Crippen molar-refractivity contribution in [3.8, 4) is 11.5 Å². The second-order valence-corrected chi connectivity index (χ2v) is 6.71. The van der Waals surface area contributed by atoms with Crippen molar-refractivity contribution in [2.24, 2.45) is 5.92 Å². The third-order valence-corrected chi connectivity index (χ3v) is 4.91. The molecule has 1 aromatic carbocycles. The number of unbranched alkanes of at least 4 members (excludes halogenated alkanes) is 1. The highest BCUT2D eigenvalue weighted by atomic mass is 16.5. The molecule has 0 saturated carbocycles. The minimum absolute atomic E-state index is 0.118. The lowest BCUT2D eigenvalue weighted by atomic mass is 9.96. The van der Waals surface area contributed by atoms with E-state index in [1.165, 1.54) is 0 Å². The second kappa shape index (κ2) is 10.0. The van der Waals surface area contributed by atoms with Gasteiger partial charge in [-0.05, 0) is 43.4 Å². The number of benzene rings is 1. The van der Waals surface area contributed by atoms with Crippen molar-refractivity contribution < 1.29 is 19.1 Å². The molecule has 2 amide bonds. The van der Waals surface area contributed by atoms with Gasteiger partial charge >= 0.3 is 0 Å². The molecule has 2 rings (SSSR count). The van der Waals surface area contributed by atoms with E-state index in [1.807, 2.05) is 4.90 Å². The van der Waals surface area contributed by atoms with Crippen LogP contribution < -0.4 is 14.8 Å². The Kier molecular flexibility index (Phi) is 7.75. The highest BCUT2D eigenvalue weighted by Crippen LogP contribution is 2.27. The van der Waals surface area contributed by atoms with E-state index in [0.717, 1.165) is 38.8 Å². The summed E-state index contributed by atoms with van der Waals surface area (Å²) in [5.74, 6) is 1.70. The number of hydrogen-bond acceptors (Lipinski definition) is 4. The third-order valence-electron chi connectivity index (χ3n) is 4.91. The van der Waals surface area contributed by atoms with Crippen molar-refractivity contribution in [3.05, 3.63) is 23.8 Å². The molecule has 6 nitrogen and oxygen atoms in total. The van der Waals surface area contributed by atoms with Crippen LogP contribution in [0.3, 0.4) is 0 Å². The standard InChI is InChI=1S/C20H30N2O4/c1-4-5-6-19(23)22-11-9-15(10-12-22)14-21-20(24)16-7-8-17(25-2)18(13-16)26-3/h7-8,13,15H,4-6,9-12,14H2,1-3H3,(H,21,24). The number of ether oxygens (including phenoxy) is 2. The summed E-state index contributed by atoms with van der Waals surface area (Å²) in [4.78, 5) is 26.4. The van der Waals surface area contributed by atoms with Gasteiger partial charge in [0.05, 0.1) is 14.2 Å². The van der Waals surface area contributed by atoms with Gasteiger partial charge in [-0.1, -0.05) is 13.3 Å². The van der Waals surface area contributed by atoms with Crippen LogP contribution in [-0.4, -0.2) is 50.6 Å². The first-order chi connectivity index (χ1) is 12.6. The first-order valence-corrected chi connectivity index (χ1v) is 9.37. The lowest BCUT2D eigenvalue weighted by Gasteiger charge is -2.32. The fourth-order valence-electron chi connectivity index (χ4n) is 3.19. The largest absolute Gasteiger partial charge is 0.493 e. The molecular weight excluding hydrogens is 332 g/mol. The van der Waals surface area contributed by atoms with Gasteiger partial charge in [0.15, 0.2) is 11.5 Å². The van der Waals surface area contributed by atoms with Gasteiger partial charge in [-0.25, -0.2) is 0 Å². The molecule has 0 aromatic heterocycles. The molecule has 26 heavy (non-hydrogen) atoms. The van der Waals surface area contributed by atoms with Crippen molar-refractivity contribution >= 4 is 11.8 Å². The highest BCUT2D eigenvalue weighted by Gasteiger charge is 2.23. The van der Waals surface area contributed by atoms with Gasteiger partial charge in [0, 0.05) is 31.6 Å². The van der Waals surface area contributed by atoms with E-state index >= 15 is 0 Å². The zero-order chi connectivity index (χ0) is 18.9. The monoisotopic (exact) mass is 362 g/mol. The van der Waals surface area contributed by atoms with Gasteiger partial charge in [0.2, 0.25) is 5.91 Å². The smallest absolute Gasteiger partial charge is 0.251 e. The van der Waals surface area contributed by atoms with Crippen LogP contribution in [0.15, 0.2) is 18.2 Å². The van der Waals surface area contributed by atoms with Crippen molar-refractivity contribution in [2.75, 3.05) is 33.9 Å². The number of amides is 2. The Morgan fingerprint density at radius 3 is 2.46 bits per heavy atom. The molecule has 0 aliphatic carbocycles. The average Bonchev–Trinajstić information content (AvgIpc) is 2.69. The van der Waals surface area contributed by atoms with E-state index in [1.54, 1.807) is 32.4 Å². The van der Waals surface area contributed by atoms with Crippen LogP contribution in [0.4, 0.5) is 0 Å². The van der Waals surface area contributed by atoms with Gasteiger partial charge in [-0.2, -0.15) is 0 Å². The minimum Gasteiger partial charge on any atom is -0.493 e. The number of piperidine rings is 1. The first-order valence-electron chi connectivity index (χ1n) is 9.37. The summed E-state index contributed by atoms with van der Waals surface area (Å²) in [6, 6.07) is 5.14. The van der Waals surface area contributed by atoms with Crippen molar-refractivity contribution in [3.63, 3.8) is 0 Å². The predicted octanol–water partition coefficient (Wildman–Crippen LogP) is 2.86. The maximum absolute atomic E-state index is 12.4. The van der Waals surface area contributed by atoms with E-state index in [2.05, 4.69) is 12.2 Å². The average molecular weight is 362 g/mol. The summed E-state index contributed by atoms with van der Waals surface area (Å²) in [5, 5.41) is 3.00. The topological polar surface area (TPSA) is 67.9 Å². The van der Waals surface area contributed by atoms with Crippen molar-refractivity contribution in [1.29, 1.82) is 0 Å². The van der Waals surface area contributed by atoms with Crippen molar-refractivity contribution in [2.45, 2.75) is 39.0 Å².